The lowest BCUT2D eigenvalue weighted by Crippen LogP contribution is -2.03. The third-order valence-corrected chi connectivity index (χ3v) is 23.8. The van der Waals surface area contributed by atoms with Crippen molar-refractivity contribution in [2.24, 2.45) is 0 Å². The number of hydrogen-bond acceptors (Lipinski definition) is 24. The maximum atomic E-state index is 13.6. The number of anilines is 5. The maximum Gasteiger partial charge on any atom is 0.135 e. The summed E-state index contributed by atoms with van der Waals surface area (Å²) in [5, 5.41) is 22.8. The van der Waals surface area contributed by atoms with Gasteiger partial charge in [0.15, 0.2) is 0 Å². The monoisotopic (exact) mass is 1920 g/mol. The molecule has 0 spiro atoms. The van der Waals surface area contributed by atoms with E-state index in [1.54, 1.807) is 67.8 Å². The predicted molar refractivity (Wildman–Crippen MR) is 574 cm³/mol. The molecule has 0 amide bonds. The van der Waals surface area contributed by atoms with Crippen LogP contribution in [-0.4, -0.2) is 94.7 Å². The molecule has 0 unspecified atom stereocenters. The minimum Gasteiger partial charge on any atom is -0.365 e. The Labute approximate surface area is 840 Å². The van der Waals surface area contributed by atoms with Gasteiger partial charge in [-0.15, -0.1) is 0 Å². The minimum absolute atomic E-state index is 0.264. The van der Waals surface area contributed by atoms with E-state index >= 15 is 0 Å². The van der Waals surface area contributed by atoms with E-state index in [2.05, 4.69) is 143 Å². The third-order valence-electron chi connectivity index (χ3n) is 23.8. The SMILES string of the molecule is Cc1cc(-c2cc3ccnc(NCc4cccnc4)c3cn2)ccn1.Cc1cc(-c2ccc(CNc3nccc4nc(-c5cccc(F)c5)ccc34)cn2)ccn1.Cc1cc(-c2ccc(CNc3nccc4nc(-c5ccnc(C)c5)ccc34)cn2)ccn1.Cc1cc(-c2ccc3c(NCc4ccc(-c5cccc(F)c5)nc4)nccc3n2)ccn1.Fc1cccc(-c2ccc3c(NCc4ccccc4)nccc3n2)c1. The lowest BCUT2D eigenvalue weighted by Gasteiger charge is -2.10. The molecule has 0 aliphatic carbocycles. The fraction of sp³-hybridized carbons (Fsp3) is 0.0840. The molecule has 0 fully saturated rings. The second-order valence-electron chi connectivity index (χ2n) is 34.4. The molecule has 4 aromatic carbocycles. The van der Waals surface area contributed by atoms with Gasteiger partial charge in [0.05, 0.1) is 67.6 Å². The van der Waals surface area contributed by atoms with E-state index in [1.807, 2.05) is 290 Å². The van der Waals surface area contributed by atoms with Crippen molar-refractivity contribution in [3.8, 4) is 90.1 Å². The van der Waals surface area contributed by atoms with Gasteiger partial charge in [0.1, 0.15) is 46.5 Å². The van der Waals surface area contributed by atoms with E-state index in [-0.39, 0.29) is 17.5 Å². The van der Waals surface area contributed by atoms with Crippen LogP contribution in [-0.2, 0) is 32.7 Å². The molecule has 0 saturated heterocycles. The average Bonchev–Trinajstić information content (AvgIpc) is 0.811. The number of benzene rings is 4. The maximum absolute atomic E-state index is 13.6. The Morgan fingerprint density at radius 1 is 0.192 bits per heavy atom. The van der Waals surface area contributed by atoms with Crippen molar-refractivity contribution in [2.45, 2.75) is 67.3 Å². The summed E-state index contributed by atoms with van der Waals surface area (Å²) in [6.07, 6.45) is 28.9. The van der Waals surface area contributed by atoms with Crippen molar-refractivity contribution in [2.75, 3.05) is 26.6 Å². The molecule has 0 bridgehead atoms. The van der Waals surface area contributed by atoms with Gasteiger partial charge in [-0.05, 0) is 274 Å². The molecule has 0 aliphatic rings. The number of nitrogens with zero attached hydrogens (tertiary/aromatic N) is 19. The number of fused-ring (bicyclic) bond motifs is 5. The van der Waals surface area contributed by atoms with E-state index in [1.165, 1.54) is 42.0 Å². The van der Waals surface area contributed by atoms with E-state index in [0.29, 0.717) is 32.7 Å². The van der Waals surface area contributed by atoms with Crippen molar-refractivity contribution >= 4 is 83.5 Å². The van der Waals surface area contributed by atoms with Crippen LogP contribution >= 0.6 is 0 Å². The molecule has 23 aromatic rings. The number of nitrogens with one attached hydrogen (secondary N) is 5. The molecular weight excluding hydrogens is 1820 g/mol. The van der Waals surface area contributed by atoms with Gasteiger partial charge < -0.3 is 26.6 Å². The Bertz CT molecular complexity index is 7830. The fourth-order valence-corrected chi connectivity index (χ4v) is 16.4. The second kappa shape index (κ2) is 45.8. The Balaban J connectivity index is 0.000000116. The minimum atomic E-state index is -0.278. The summed E-state index contributed by atoms with van der Waals surface area (Å²) in [6, 6.07) is 93.0. The van der Waals surface area contributed by atoms with Crippen LogP contribution in [0.3, 0.4) is 0 Å². The molecule has 27 heteroatoms. The molecule has 24 nitrogen and oxygen atoms in total. The van der Waals surface area contributed by atoms with Gasteiger partial charge in [0.25, 0.3) is 0 Å². The lowest BCUT2D eigenvalue weighted by molar-refractivity contribution is 0.628. The topological polar surface area (TPSA) is 305 Å². The van der Waals surface area contributed by atoms with Crippen LogP contribution in [0, 0.1) is 52.1 Å². The van der Waals surface area contributed by atoms with Crippen molar-refractivity contribution < 1.29 is 13.2 Å². The smallest absolute Gasteiger partial charge is 0.135 e. The van der Waals surface area contributed by atoms with Crippen LogP contribution in [0.2, 0.25) is 0 Å². The summed E-state index contributed by atoms with van der Waals surface area (Å²) < 4.78 is 40.5. The first-order valence-electron chi connectivity index (χ1n) is 47.2. The number of aromatic nitrogens is 19. The highest BCUT2D eigenvalue weighted by molar-refractivity contribution is 5.96. The Kier molecular flexibility index (Phi) is 30.0. The highest BCUT2D eigenvalue weighted by Crippen LogP contribution is 2.34. The second-order valence-corrected chi connectivity index (χ2v) is 34.4. The van der Waals surface area contributed by atoms with Crippen LogP contribution in [0.4, 0.5) is 42.3 Å². The molecule has 0 aliphatic heterocycles. The molecule has 0 atom stereocenters. The number of halogens is 3. The van der Waals surface area contributed by atoms with Crippen LogP contribution in [0.25, 0.3) is 144 Å². The molecule has 19 aromatic heterocycles. The van der Waals surface area contributed by atoms with Crippen molar-refractivity contribution in [3.63, 3.8) is 0 Å². The van der Waals surface area contributed by atoms with E-state index < -0.39 is 0 Å². The molecule has 23 rings (SSSR count). The van der Waals surface area contributed by atoms with Crippen LogP contribution in [0.15, 0.2) is 396 Å². The van der Waals surface area contributed by atoms with Gasteiger partial charge in [0, 0.05) is 232 Å². The van der Waals surface area contributed by atoms with Crippen molar-refractivity contribution in [1.29, 1.82) is 0 Å². The fourth-order valence-electron chi connectivity index (χ4n) is 16.4. The van der Waals surface area contributed by atoms with Gasteiger partial charge in [0.2, 0.25) is 0 Å². The summed E-state index contributed by atoms with van der Waals surface area (Å²) in [6.45, 7) is 13.0. The molecule has 0 radical (unpaired) electrons. The molecule has 19 heterocycles. The lowest BCUT2D eigenvalue weighted by atomic mass is 10.1. The summed E-state index contributed by atoms with van der Waals surface area (Å²) in [5.41, 5.74) is 28.0. The van der Waals surface area contributed by atoms with Gasteiger partial charge in [-0.2, -0.15) is 0 Å². The summed E-state index contributed by atoms with van der Waals surface area (Å²) in [4.78, 5) is 85.0. The van der Waals surface area contributed by atoms with Gasteiger partial charge in [-0.3, -0.25) is 49.8 Å². The summed E-state index contributed by atoms with van der Waals surface area (Å²) in [7, 11) is 0. The molecule has 0 saturated carbocycles. The highest BCUT2D eigenvalue weighted by atomic mass is 19.1. The van der Waals surface area contributed by atoms with E-state index in [0.717, 1.165) is 224 Å². The molecule has 712 valence electrons. The van der Waals surface area contributed by atoms with E-state index in [9.17, 15) is 13.2 Å². The third kappa shape index (κ3) is 24.6. The normalized spacial score (nSPS) is 10.9. The Morgan fingerprint density at radius 3 is 0.795 bits per heavy atom. The molecule has 146 heavy (non-hydrogen) atoms. The first kappa shape index (κ1) is 95.7. The van der Waals surface area contributed by atoms with Crippen LogP contribution in [0.1, 0.15) is 56.3 Å². The number of aryl methyl sites for hydroxylation is 5. The quantitative estimate of drug-likeness (QED) is 0.0397. The van der Waals surface area contributed by atoms with Crippen LogP contribution < -0.4 is 26.6 Å². The Hall–Kier alpha value is -19.2. The summed E-state index contributed by atoms with van der Waals surface area (Å²) in [5.74, 6) is 3.12. The zero-order chi connectivity index (χ0) is 99.9. The van der Waals surface area contributed by atoms with Gasteiger partial charge in [-0.1, -0.05) is 91.0 Å². The standard InChI is InChI=1S/2C26H20FN5.C26H22N6.C21H16FN3.C20H17N5/c1-17-13-20(9-11-28-17)23-7-5-18(15-30-23)16-31-26-22-6-8-24(32-25(22)10-12-29-26)19-3-2-4-21(27)14-19;1-17-13-20(9-11-28-17)24-8-6-22-25(32-24)10-12-29-26(22)31-16-18-5-7-23(30-15-18)19-3-2-4-21(27)14-19;1-17-13-20(7-10-27-17)23-5-3-19(15-30-23)16-31-26-22-4-6-24(32-25(22)9-12-29-26)21-8-11-28-18(2)14-21;22-17-8-4-7-16(13-17)19-10-9-18-20(25-19)11-12-23-21(18)24-14-15-5-2-1-3-6-15;1-14-9-17(5-7-22-14)19-10-16-4-8-23-20(18(16)13-24-19)25-12-15-3-2-6-21-11-15/h2*2-15H,16H2,1H3,(H,29,31);3-15H,16H2,1-2H3,(H,29,31);1-13H,14H2,(H,23,24);2-11,13H,12H2,1H3,(H,23,25). The number of rotatable bonds is 23. The molecule has 5 N–H and O–H groups in total. The highest BCUT2D eigenvalue weighted by Gasteiger charge is 2.17. The predicted octanol–water partition coefficient (Wildman–Crippen LogP) is 26.1. The van der Waals surface area contributed by atoms with Crippen molar-refractivity contribution in [3.05, 3.63) is 470 Å². The zero-order valence-electron chi connectivity index (χ0n) is 80.2. The largest absolute Gasteiger partial charge is 0.365 e. The average molecular weight is 1920 g/mol. The van der Waals surface area contributed by atoms with Gasteiger partial charge >= 0.3 is 0 Å². The zero-order valence-corrected chi connectivity index (χ0v) is 80.2. The molecular formula is C119H95F3N24. The van der Waals surface area contributed by atoms with Crippen LogP contribution in [0.5, 0.6) is 0 Å². The first-order chi connectivity index (χ1) is 71.5. The first-order valence-corrected chi connectivity index (χ1v) is 47.2. The Morgan fingerprint density at radius 2 is 0.473 bits per heavy atom. The summed E-state index contributed by atoms with van der Waals surface area (Å²) >= 11 is 0. The number of hydrogen-bond donors (Lipinski definition) is 5. The van der Waals surface area contributed by atoms with Gasteiger partial charge in [-0.25, -0.2) is 58.0 Å². The van der Waals surface area contributed by atoms with Crippen molar-refractivity contribution in [1.82, 2.24) is 94.7 Å². The van der Waals surface area contributed by atoms with E-state index in [4.69, 9.17) is 15.0 Å². The number of pyridine rings is 19.